The number of aliphatic carboxylic acids is 3. The van der Waals surface area contributed by atoms with Crippen molar-refractivity contribution in [1.82, 2.24) is 42.1 Å². The number of nitrogens with one attached hydrogen (secondary N) is 7. The highest BCUT2D eigenvalue weighted by Gasteiger charge is 2.27. The van der Waals surface area contributed by atoms with Gasteiger partial charge in [0.1, 0.15) is 18.1 Å². The Morgan fingerprint density at radius 2 is 1.19 bits per heavy atom. The molecule has 0 radical (unpaired) electrons. The average Bonchev–Trinajstić information content (AvgIpc) is 3.55. The van der Waals surface area contributed by atoms with Gasteiger partial charge in [-0.05, 0) is 24.8 Å². The highest BCUT2D eigenvalue weighted by atomic mass is 32.2. The number of anilines is 1. The van der Waals surface area contributed by atoms with Gasteiger partial charge in [0.25, 0.3) is 0 Å². The van der Waals surface area contributed by atoms with Gasteiger partial charge in [-0.25, -0.2) is 4.79 Å². The lowest BCUT2D eigenvalue weighted by Crippen LogP contribution is -2.54. The third-order valence-corrected chi connectivity index (χ3v) is 8.28. The molecule has 0 fully saturated rings. The first kappa shape index (κ1) is 45.9. The Morgan fingerprint density at radius 3 is 1.68 bits per heavy atom. The second-order valence-electron chi connectivity index (χ2n) is 10.7. The van der Waals surface area contributed by atoms with Crippen molar-refractivity contribution in [3.05, 3.63) is 0 Å². The summed E-state index contributed by atoms with van der Waals surface area (Å²) in [6.45, 7) is -1.36. The van der Waals surface area contributed by atoms with Crippen LogP contribution < -0.4 is 42.4 Å². The molecule has 0 bridgehead atoms. The number of amides is 7. The van der Waals surface area contributed by atoms with Crippen molar-refractivity contribution in [2.24, 2.45) is 5.14 Å². The molecule has 3 unspecified atom stereocenters. The van der Waals surface area contributed by atoms with Crippen LogP contribution in [-0.4, -0.2) is 128 Å². The highest BCUT2D eigenvalue weighted by molar-refractivity contribution is 7.98. The van der Waals surface area contributed by atoms with Crippen molar-refractivity contribution in [2.75, 3.05) is 30.7 Å². The lowest BCUT2D eigenvalue weighted by atomic mass is 10.1. The predicted molar refractivity (Wildman–Crippen MR) is 187 cm³/mol. The van der Waals surface area contributed by atoms with E-state index in [4.69, 9.17) is 15.4 Å². The molecule has 0 aliphatic heterocycles. The predicted octanol–water partition coefficient (Wildman–Crippen LogP) is -3.45. The fourth-order valence-electron chi connectivity index (χ4n) is 3.91. The first-order valence-electron chi connectivity index (χ1n) is 15.5. The van der Waals surface area contributed by atoms with E-state index in [1.54, 1.807) is 0 Å². The molecule has 294 valence electrons. The lowest BCUT2D eigenvalue weighted by Gasteiger charge is -2.19. The SMILES string of the molecule is NSc1nnc(NC(=O)CCC(=O)NCCCCCC(=O)NC(CC(=O)O)C(=O)NCC(=O)NC(CC(=O)O)C(=O)NCC(=O)NC(CS)C(=O)O)s1. The third kappa shape index (κ3) is 20.5. The summed E-state index contributed by atoms with van der Waals surface area (Å²) in [5.74, 6) is -10.3. The van der Waals surface area contributed by atoms with Crippen LogP contribution in [0.3, 0.4) is 0 Å². The number of carbonyl (C=O) groups is 10. The van der Waals surface area contributed by atoms with Crippen LogP contribution in [0.2, 0.25) is 0 Å². The van der Waals surface area contributed by atoms with Crippen molar-refractivity contribution in [1.29, 1.82) is 0 Å². The Labute approximate surface area is 314 Å². The first-order chi connectivity index (χ1) is 25.0. The number of nitrogens with zero attached hydrogens (tertiary/aromatic N) is 2. The first-order valence-corrected chi connectivity index (χ1v) is 17.8. The number of carboxylic acids is 3. The molecule has 53 heavy (non-hydrogen) atoms. The third-order valence-electron chi connectivity index (χ3n) is 6.46. The van der Waals surface area contributed by atoms with Gasteiger partial charge in [0, 0.05) is 31.6 Å². The van der Waals surface area contributed by atoms with Crippen LogP contribution in [0.25, 0.3) is 0 Å². The zero-order valence-corrected chi connectivity index (χ0v) is 30.4. The molecule has 0 saturated carbocycles. The normalized spacial score (nSPS) is 12.2. The number of unbranched alkanes of at least 4 members (excludes halogenated alkanes) is 2. The molecule has 1 heterocycles. The van der Waals surface area contributed by atoms with Crippen molar-refractivity contribution in [2.45, 2.75) is 73.8 Å². The Bertz CT molecular complexity index is 1500. The molecule has 0 saturated heterocycles. The molecule has 1 aromatic heterocycles. The molecular formula is C27H40N10O13S3. The summed E-state index contributed by atoms with van der Waals surface area (Å²) in [7, 11) is 0. The standard InChI is InChI=1S/C27H40N10O13S3/c28-53-27-37-36-26(52-27)35-18(40)6-5-16(38)29-7-3-1-2-4-17(39)32-13(8-21(43)44)23(47)30-10-19(41)33-14(9-22(45)46)24(48)31-11-20(42)34-15(12-51)25(49)50/h13-15,51H,1-12,28H2,(H,29,38)(H,30,47)(H,31,48)(H,32,39)(H,33,41)(H,34,42)(H,43,44)(H,45,46)(H,49,50)(H,35,36,40). The number of hydrogen-bond donors (Lipinski definition) is 12. The Morgan fingerprint density at radius 1 is 0.660 bits per heavy atom. The fourth-order valence-corrected chi connectivity index (χ4v) is 5.17. The van der Waals surface area contributed by atoms with Crippen molar-refractivity contribution < 1.29 is 63.3 Å². The summed E-state index contributed by atoms with van der Waals surface area (Å²) in [6, 6.07) is -4.68. The molecule has 1 rings (SSSR count). The van der Waals surface area contributed by atoms with E-state index in [-0.39, 0.29) is 42.6 Å². The summed E-state index contributed by atoms with van der Waals surface area (Å²) >= 11 is 5.74. The van der Waals surface area contributed by atoms with E-state index in [1.165, 1.54) is 0 Å². The van der Waals surface area contributed by atoms with E-state index in [1.807, 2.05) is 0 Å². The highest BCUT2D eigenvalue weighted by Crippen LogP contribution is 2.21. The zero-order valence-electron chi connectivity index (χ0n) is 27.9. The Balaban J connectivity index is 2.46. The van der Waals surface area contributed by atoms with Crippen molar-refractivity contribution in [3.63, 3.8) is 0 Å². The molecule has 0 spiro atoms. The van der Waals surface area contributed by atoms with Crippen LogP contribution in [0, 0.1) is 0 Å². The molecule has 23 nitrogen and oxygen atoms in total. The van der Waals surface area contributed by atoms with Gasteiger partial charge >= 0.3 is 17.9 Å². The maximum atomic E-state index is 12.6. The number of carboxylic acid groups (broad SMARTS) is 3. The lowest BCUT2D eigenvalue weighted by molar-refractivity contribution is -0.142. The van der Waals surface area contributed by atoms with E-state index in [0.717, 1.165) is 23.3 Å². The molecule has 0 aliphatic rings. The number of aromatic nitrogens is 2. The van der Waals surface area contributed by atoms with E-state index in [2.05, 4.69) is 60.0 Å². The molecule has 0 aliphatic carbocycles. The minimum Gasteiger partial charge on any atom is -0.481 e. The second kappa shape index (κ2) is 25.0. The van der Waals surface area contributed by atoms with Crippen LogP contribution in [0.5, 0.6) is 0 Å². The van der Waals surface area contributed by atoms with Gasteiger partial charge in [0.15, 0.2) is 4.34 Å². The van der Waals surface area contributed by atoms with Crippen molar-refractivity contribution in [3.8, 4) is 0 Å². The van der Waals surface area contributed by atoms with Gasteiger partial charge in [-0.2, -0.15) is 12.6 Å². The Hall–Kier alpha value is -5.08. The van der Waals surface area contributed by atoms with Crippen LogP contribution in [-0.2, 0) is 47.9 Å². The second-order valence-corrected chi connectivity index (χ2v) is 12.9. The van der Waals surface area contributed by atoms with E-state index >= 15 is 0 Å². The molecule has 12 N–H and O–H groups in total. The summed E-state index contributed by atoms with van der Waals surface area (Å²) in [4.78, 5) is 119. The molecule has 7 amide bonds. The van der Waals surface area contributed by atoms with E-state index in [0.29, 0.717) is 23.6 Å². The van der Waals surface area contributed by atoms with Crippen LogP contribution >= 0.6 is 35.9 Å². The van der Waals surface area contributed by atoms with Crippen LogP contribution in [0.1, 0.15) is 51.4 Å². The summed E-state index contributed by atoms with van der Waals surface area (Å²) in [5.41, 5.74) is 0. The van der Waals surface area contributed by atoms with Crippen molar-refractivity contribution >= 4 is 100 Å². The zero-order chi connectivity index (χ0) is 39.9. The number of hydrogen-bond acceptors (Lipinski definition) is 16. The largest absolute Gasteiger partial charge is 0.481 e. The summed E-state index contributed by atoms with van der Waals surface area (Å²) in [6.07, 6.45) is -0.810. The number of thiol groups is 1. The van der Waals surface area contributed by atoms with Gasteiger partial charge in [-0.3, -0.25) is 48.3 Å². The minimum atomic E-state index is -1.73. The number of rotatable bonds is 26. The van der Waals surface area contributed by atoms with Gasteiger partial charge in [0.2, 0.25) is 46.5 Å². The van der Waals surface area contributed by atoms with E-state index < -0.39 is 97.4 Å². The van der Waals surface area contributed by atoms with Gasteiger partial charge < -0.3 is 52.5 Å². The number of nitrogens with two attached hydrogens (primary N) is 1. The van der Waals surface area contributed by atoms with Crippen LogP contribution in [0.4, 0.5) is 5.13 Å². The Kier molecular flexibility index (Phi) is 21.7. The molecule has 26 heteroatoms. The quantitative estimate of drug-likeness (QED) is 0.0187. The smallest absolute Gasteiger partial charge is 0.327 e. The maximum Gasteiger partial charge on any atom is 0.327 e. The summed E-state index contributed by atoms with van der Waals surface area (Å²) < 4.78 is 0.462. The average molecular weight is 809 g/mol. The minimum absolute atomic E-state index is 0.0757. The molecular weight excluding hydrogens is 769 g/mol. The summed E-state index contributed by atoms with van der Waals surface area (Å²) in [5, 5.41) is 56.0. The number of carbonyl (C=O) groups excluding carboxylic acids is 7. The van der Waals surface area contributed by atoms with E-state index in [9.17, 15) is 53.1 Å². The van der Waals surface area contributed by atoms with Gasteiger partial charge in [-0.15, -0.1) is 10.2 Å². The van der Waals surface area contributed by atoms with Gasteiger partial charge in [-0.1, -0.05) is 17.8 Å². The van der Waals surface area contributed by atoms with Crippen LogP contribution in [0.15, 0.2) is 4.34 Å². The maximum absolute atomic E-state index is 12.6. The molecule has 1 aromatic rings. The van der Waals surface area contributed by atoms with Gasteiger partial charge in [0.05, 0.1) is 25.9 Å². The molecule has 0 aromatic carbocycles. The topological polar surface area (TPSA) is 367 Å². The molecule has 3 atom stereocenters. The monoisotopic (exact) mass is 808 g/mol. The fraction of sp³-hybridized carbons (Fsp3) is 0.556.